The number of fused-ring (bicyclic) bond motifs is 7. The van der Waals surface area contributed by atoms with Crippen molar-refractivity contribution < 1.29 is 39.5 Å². The molecule has 9 aromatic rings. The van der Waals surface area contributed by atoms with Gasteiger partial charge in [-0.2, -0.15) is 39.5 Å². The van der Waals surface area contributed by atoms with E-state index in [-0.39, 0.29) is 28.3 Å². The van der Waals surface area contributed by atoms with E-state index >= 15 is 0 Å². The molecular formula is C48H31F9N2. The first-order valence-corrected chi connectivity index (χ1v) is 18.6. The molecule has 0 aliphatic rings. The highest BCUT2D eigenvalue weighted by Crippen LogP contribution is 2.46. The van der Waals surface area contributed by atoms with Gasteiger partial charge in [0.05, 0.1) is 38.8 Å². The third-order valence-electron chi connectivity index (χ3n) is 11.0. The Morgan fingerprint density at radius 2 is 0.831 bits per heavy atom. The maximum Gasteiger partial charge on any atom is 0.417 e. The fraction of sp³-hybridized carbons (Fsp3) is 0.125. The molecule has 9 rings (SSSR count). The molecule has 0 N–H and O–H groups in total. The smallest absolute Gasteiger partial charge is 0.309 e. The van der Waals surface area contributed by atoms with Gasteiger partial charge in [0.1, 0.15) is 0 Å². The zero-order chi connectivity index (χ0) is 41.8. The van der Waals surface area contributed by atoms with Gasteiger partial charge >= 0.3 is 18.5 Å². The highest BCUT2D eigenvalue weighted by Gasteiger charge is 2.40. The number of rotatable bonds is 4. The van der Waals surface area contributed by atoms with Crippen molar-refractivity contribution in [2.75, 3.05) is 0 Å². The number of benzene rings is 7. The van der Waals surface area contributed by atoms with Gasteiger partial charge in [0.15, 0.2) is 0 Å². The number of halogens is 9. The highest BCUT2D eigenvalue weighted by molar-refractivity contribution is 6.28. The van der Waals surface area contributed by atoms with Crippen molar-refractivity contribution in [3.63, 3.8) is 0 Å². The molecule has 0 unspecified atom stereocenters. The molecule has 2 aromatic heterocycles. The Kier molecular flexibility index (Phi) is 8.56. The Labute approximate surface area is 331 Å². The summed E-state index contributed by atoms with van der Waals surface area (Å²) in [6.07, 6.45) is -14.6. The normalized spacial score (nSPS) is 12.7. The van der Waals surface area contributed by atoms with Crippen molar-refractivity contribution in [2.45, 2.75) is 39.3 Å². The number of alkyl halides is 9. The molecule has 59 heavy (non-hydrogen) atoms. The van der Waals surface area contributed by atoms with Crippen LogP contribution in [0.4, 0.5) is 39.5 Å². The molecule has 0 aliphatic carbocycles. The molecule has 0 atom stereocenters. The van der Waals surface area contributed by atoms with Crippen LogP contribution in [0.3, 0.4) is 0 Å². The Morgan fingerprint density at radius 1 is 0.390 bits per heavy atom. The number of aryl methyl sites for hydroxylation is 3. The van der Waals surface area contributed by atoms with Crippen LogP contribution >= 0.6 is 0 Å². The van der Waals surface area contributed by atoms with E-state index in [1.54, 1.807) is 56.3 Å². The van der Waals surface area contributed by atoms with Crippen LogP contribution in [0.1, 0.15) is 33.4 Å². The summed E-state index contributed by atoms with van der Waals surface area (Å²) < 4.78 is 132. The van der Waals surface area contributed by atoms with E-state index in [1.807, 2.05) is 75.9 Å². The molecule has 0 bridgehead atoms. The summed E-state index contributed by atoms with van der Waals surface area (Å²) in [5, 5.41) is 3.40. The standard InChI is InChI=1S/C48H31F9N2/c1-26-20-27(2)42(36(21-26)47(52,53)54)29-10-8-12-32(23-29)58-38-16-6-4-14-34(38)44-40(58)18-19-41-45(44)35-15-5-7-17-39(35)59(41)33-13-9-11-30(24-33)43-28(3)22-31(46(49,50)51)25-37(43)48(55,56)57/h4-25H,1-3H3. The average Bonchev–Trinajstić information content (AvgIpc) is 3.69. The van der Waals surface area contributed by atoms with Crippen molar-refractivity contribution in [1.29, 1.82) is 0 Å². The molecule has 2 nitrogen and oxygen atoms in total. The van der Waals surface area contributed by atoms with Crippen molar-refractivity contribution in [3.8, 4) is 33.6 Å². The quantitative estimate of drug-likeness (QED) is 0.157. The molecule has 11 heteroatoms. The molecule has 0 amide bonds. The summed E-state index contributed by atoms with van der Waals surface area (Å²) in [7, 11) is 0. The lowest BCUT2D eigenvalue weighted by molar-refractivity contribution is -0.143. The Balaban J connectivity index is 1.29. The third kappa shape index (κ3) is 6.22. The van der Waals surface area contributed by atoms with Gasteiger partial charge in [0.25, 0.3) is 0 Å². The molecule has 0 radical (unpaired) electrons. The summed E-state index contributed by atoms with van der Waals surface area (Å²) in [6.45, 7) is 4.55. The first-order valence-electron chi connectivity index (χ1n) is 18.6. The molecule has 0 spiro atoms. The molecular weight excluding hydrogens is 776 g/mol. The number of nitrogens with zero attached hydrogens (tertiary/aromatic N) is 2. The predicted octanol–water partition coefficient (Wildman–Crippen LogP) is 15.2. The minimum Gasteiger partial charge on any atom is -0.309 e. The highest BCUT2D eigenvalue weighted by atomic mass is 19.4. The van der Waals surface area contributed by atoms with E-state index in [9.17, 15) is 39.5 Å². The van der Waals surface area contributed by atoms with Crippen LogP contribution in [-0.4, -0.2) is 9.13 Å². The second-order valence-corrected chi connectivity index (χ2v) is 14.9. The Morgan fingerprint density at radius 3 is 1.29 bits per heavy atom. The van der Waals surface area contributed by atoms with Crippen LogP contribution in [0.25, 0.3) is 77.2 Å². The summed E-state index contributed by atoms with van der Waals surface area (Å²) in [5.41, 5.74) is 1.81. The van der Waals surface area contributed by atoms with Crippen molar-refractivity contribution >= 4 is 43.6 Å². The van der Waals surface area contributed by atoms with Crippen LogP contribution in [-0.2, 0) is 18.5 Å². The van der Waals surface area contributed by atoms with E-state index in [2.05, 4.69) is 0 Å². The zero-order valence-corrected chi connectivity index (χ0v) is 31.5. The SMILES string of the molecule is Cc1cc(C)c(-c2cccc(-n3c4ccccc4c4c5c6ccccc6n(-c6cccc(-c7c(C)cc(C(F)(F)F)cc7C(F)(F)F)c6)c5ccc43)c2)c(C(F)(F)F)c1. The number of hydrogen-bond acceptors (Lipinski definition) is 0. The lowest BCUT2D eigenvalue weighted by atomic mass is 9.92. The number of hydrogen-bond donors (Lipinski definition) is 0. The van der Waals surface area contributed by atoms with Gasteiger partial charge in [0.2, 0.25) is 0 Å². The van der Waals surface area contributed by atoms with Crippen LogP contribution in [0, 0.1) is 20.8 Å². The van der Waals surface area contributed by atoms with Crippen molar-refractivity contribution in [2.24, 2.45) is 0 Å². The van der Waals surface area contributed by atoms with Crippen molar-refractivity contribution in [3.05, 3.63) is 167 Å². The van der Waals surface area contributed by atoms with E-state index in [0.29, 0.717) is 28.1 Å². The maximum absolute atomic E-state index is 14.5. The number of para-hydroxylation sites is 2. The Bertz CT molecular complexity index is 3160. The van der Waals surface area contributed by atoms with Gasteiger partial charge in [-0.3, -0.25) is 0 Å². The summed E-state index contributed by atoms with van der Waals surface area (Å²) in [4.78, 5) is 0. The fourth-order valence-corrected chi connectivity index (χ4v) is 8.81. The molecule has 0 fully saturated rings. The average molecular weight is 807 g/mol. The molecule has 2 heterocycles. The van der Waals surface area contributed by atoms with Crippen LogP contribution < -0.4 is 0 Å². The van der Waals surface area contributed by atoms with Gasteiger partial charge in [-0.25, -0.2) is 0 Å². The lowest BCUT2D eigenvalue weighted by Crippen LogP contribution is -2.13. The second-order valence-electron chi connectivity index (χ2n) is 14.9. The van der Waals surface area contributed by atoms with Gasteiger partial charge in [-0.1, -0.05) is 72.3 Å². The van der Waals surface area contributed by atoms with E-state index in [0.717, 1.165) is 55.7 Å². The van der Waals surface area contributed by atoms with Gasteiger partial charge in [-0.15, -0.1) is 0 Å². The molecule has 0 aliphatic heterocycles. The van der Waals surface area contributed by atoms with E-state index in [4.69, 9.17) is 0 Å². The zero-order valence-electron chi connectivity index (χ0n) is 31.5. The molecule has 0 saturated heterocycles. The summed E-state index contributed by atoms with van der Waals surface area (Å²) in [6, 6.07) is 36.3. The minimum atomic E-state index is -5.07. The van der Waals surface area contributed by atoms with Crippen molar-refractivity contribution in [1.82, 2.24) is 9.13 Å². The van der Waals surface area contributed by atoms with Crippen LogP contribution in [0.2, 0.25) is 0 Å². The van der Waals surface area contributed by atoms with Gasteiger partial charge < -0.3 is 9.13 Å². The van der Waals surface area contributed by atoms with Gasteiger partial charge in [0, 0.05) is 32.9 Å². The topological polar surface area (TPSA) is 9.86 Å². The van der Waals surface area contributed by atoms with Gasteiger partial charge in [-0.05, 0) is 121 Å². The maximum atomic E-state index is 14.5. The lowest BCUT2D eigenvalue weighted by Gasteiger charge is -2.19. The Hall–Kier alpha value is -6.49. The largest absolute Gasteiger partial charge is 0.417 e. The van der Waals surface area contributed by atoms with E-state index < -0.39 is 35.2 Å². The monoisotopic (exact) mass is 806 g/mol. The first kappa shape index (κ1) is 38.1. The molecule has 0 saturated carbocycles. The second kappa shape index (κ2) is 13.3. The molecule has 296 valence electrons. The van der Waals surface area contributed by atoms with Crippen LogP contribution in [0.5, 0.6) is 0 Å². The minimum absolute atomic E-state index is 0.0991. The summed E-state index contributed by atoms with van der Waals surface area (Å²) in [5.74, 6) is 0. The molecule has 7 aromatic carbocycles. The van der Waals surface area contributed by atoms with E-state index in [1.165, 1.54) is 13.0 Å². The predicted molar refractivity (Wildman–Crippen MR) is 215 cm³/mol. The van der Waals surface area contributed by atoms with Crippen LogP contribution in [0.15, 0.2) is 133 Å². The third-order valence-corrected chi connectivity index (χ3v) is 11.0. The first-order chi connectivity index (χ1) is 27.9. The summed E-state index contributed by atoms with van der Waals surface area (Å²) >= 11 is 0. The fourth-order valence-electron chi connectivity index (χ4n) is 8.81. The number of aromatic nitrogens is 2.